The second-order valence-corrected chi connectivity index (χ2v) is 8.12. The predicted molar refractivity (Wildman–Crippen MR) is 95.3 cm³/mol. The zero-order valence-electron chi connectivity index (χ0n) is 15.7. The molecule has 29 heavy (non-hydrogen) atoms. The van der Waals surface area contributed by atoms with Gasteiger partial charge in [0.05, 0.1) is 7.11 Å². The highest BCUT2D eigenvalue weighted by Crippen LogP contribution is 2.42. The SMILES string of the molecule is CC[C@@H]1C/C(=C\C(=O)OCc2ccccc2)N(S(=O)(=O)C(F)(F)F)[C@@H]1C(=O)OC. The number of carbonyl (C=O) groups excluding carboxylic acids is 2. The van der Waals surface area contributed by atoms with E-state index in [2.05, 4.69) is 4.74 Å². The molecule has 0 aromatic heterocycles. The Hall–Kier alpha value is -2.56. The molecule has 11 heteroatoms. The van der Waals surface area contributed by atoms with E-state index in [9.17, 15) is 31.2 Å². The first-order valence-electron chi connectivity index (χ1n) is 8.62. The van der Waals surface area contributed by atoms with Crippen LogP contribution >= 0.6 is 0 Å². The molecule has 160 valence electrons. The van der Waals surface area contributed by atoms with Crippen LogP contribution in [0.3, 0.4) is 0 Å². The van der Waals surface area contributed by atoms with Gasteiger partial charge in [-0.15, -0.1) is 0 Å². The van der Waals surface area contributed by atoms with Crippen molar-refractivity contribution in [2.75, 3.05) is 7.11 Å². The van der Waals surface area contributed by atoms with Gasteiger partial charge in [-0.1, -0.05) is 43.7 Å². The highest BCUT2D eigenvalue weighted by Gasteiger charge is 2.58. The Bertz CT molecular complexity index is 883. The van der Waals surface area contributed by atoms with Gasteiger partial charge in [-0.2, -0.15) is 21.6 Å². The lowest BCUT2D eigenvalue weighted by Crippen LogP contribution is -2.48. The number of nitrogens with zero attached hydrogens (tertiary/aromatic N) is 1. The van der Waals surface area contributed by atoms with Crippen molar-refractivity contribution in [1.29, 1.82) is 0 Å². The quantitative estimate of drug-likeness (QED) is 0.504. The summed E-state index contributed by atoms with van der Waals surface area (Å²) in [6.45, 7) is 1.45. The van der Waals surface area contributed by atoms with E-state index in [0.717, 1.165) is 7.11 Å². The summed E-state index contributed by atoms with van der Waals surface area (Å²) < 4.78 is 73.3. The second kappa shape index (κ2) is 8.85. The molecule has 1 fully saturated rings. The third kappa shape index (κ3) is 4.89. The first-order valence-corrected chi connectivity index (χ1v) is 10.1. The molecule has 0 bridgehead atoms. The van der Waals surface area contributed by atoms with Gasteiger partial charge in [0.1, 0.15) is 12.6 Å². The topological polar surface area (TPSA) is 90.0 Å². The summed E-state index contributed by atoms with van der Waals surface area (Å²) in [5, 5.41) is 0. The monoisotopic (exact) mass is 435 g/mol. The summed E-state index contributed by atoms with van der Waals surface area (Å²) in [6, 6.07) is 6.81. The third-order valence-electron chi connectivity index (χ3n) is 4.48. The number of halogens is 3. The van der Waals surface area contributed by atoms with Crippen molar-refractivity contribution in [3.63, 3.8) is 0 Å². The molecule has 1 saturated heterocycles. The van der Waals surface area contributed by atoms with Gasteiger partial charge in [-0.25, -0.2) is 9.59 Å². The minimum atomic E-state index is -5.93. The number of ether oxygens (including phenoxy) is 2. The Kier molecular flexibility index (Phi) is 6.93. The maximum atomic E-state index is 13.2. The maximum Gasteiger partial charge on any atom is 0.516 e. The molecule has 0 radical (unpaired) electrons. The molecule has 0 spiro atoms. The van der Waals surface area contributed by atoms with Crippen molar-refractivity contribution in [1.82, 2.24) is 4.31 Å². The molecule has 0 aliphatic carbocycles. The third-order valence-corrected chi connectivity index (χ3v) is 6.04. The lowest BCUT2D eigenvalue weighted by Gasteiger charge is -2.27. The van der Waals surface area contributed by atoms with Crippen LogP contribution in [0.5, 0.6) is 0 Å². The first kappa shape index (κ1) is 22.7. The van der Waals surface area contributed by atoms with Crippen LogP contribution in [0.25, 0.3) is 0 Å². The van der Waals surface area contributed by atoms with Crippen molar-refractivity contribution in [2.45, 2.75) is 37.9 Å². The molecule has 2 rings (SSSR count). The van der Waals surface area contributed by atoms with E-state index in [1.807, 2.05) is 0 Å². The maximum absolute atomic E-state index is 13.2. The number of rotatable bonds is 6. The number of carbonyl (C=O) groups is 2. The van der Waals surface area contributed by atoms with Crippen LogP contribution in [-0.4, -0.2) is 43.3 Å². The molecule has 1 heterocycles. The fourth-order valence-electron chi connectivity index (χ4n) is 3.06. The van der Waals surface area contributed by atoms with Crippen LogP contribution in [0.2, 0.25) is 0 Å². The molecule has 1 aromatic carbocycles. The van der Waals surface area contributed by atoms with Gasteiger partial charge in [0, 0.05) is 11.8 Å². The predicted octanol–water partition coefficient (Wildman–Crippen LogP) is 2.74. The first-order chi connectivity index (χ1) is 13.5. The Morgan fingerprint density at radius 1 is 1.24 bits per heavy atom. The van der Waals surface area contributed by atoms with E-state index < -0.39 is 45.1 Å². The van der Waals surface area contributed by atoms with Crippen LogP contribution in [-0.2, 0) is 35.7 Å². The second-order valence-electron chi connectivity index (χ2n) is 6.32. The number of esters is 2. The molecule has 0 amide bonds. The average Bonchev–Trinajstić information content (AvgIpc) is 3.04. The molecular formula is C18H20F3NO6S. The number of hydrogen-bond donors (Lipinski definition) is 0. The largest absolute Gasteiger partial charge is 0.516 e. The van der Waals surface area contributed by atoms with Gasteiger partial charge in [-0.3, -0.25) is 4.31 Å². The van der Waals surface area contributed by atoms with Crippen LogP contribution < -0.4 is 0 Å². The number of allylic oxidation sites excluding steroid dienone is 1. The van der Waals surface area contributed by atoms with Crippen LogP contribution in [0, 0.1) is 5.92 Å². The van der Waals surface area contributed by atoms with Gasteiger partial charge in [0.2, 0.25) is 0 Å². The minimum Gasteiger partial charge on any atom is -0.467 e. The summed E-state index contributed by atoms with van der Waals surface area (Å²) in [7, 11) is -4.98. The van der Waals surface area contributed by atoms with E-state index in [-0.39, 0.29) is 23.8 Å². The van der Waals surface area contributed by atoms with E-state index in [0.29, 0.717) is 11.6 Å². The molecule has 7 nitrogen and oxygen atoms in total. The van der Waals surface area contributed by atoms with Gasteiger partial charge in [0.25, 0.3) is 0 Å². The Morgan fingerprint density at radius 2 is 1.86 bits per heavy atom. The average molecular weight is 435 g/mol. The summed E-state index contributed by atoms with van der Waals surface area (Å²) in [4.78, 5) is 24.2. The van der Waals surface area contributed by atoms with Crippen LogP contribution in [0.1, 0.15) is 25.3 Å². The Balaban J connectivity index is 2.37. The molecular weight excluding hydrogens is 415 g/mol. The lowest BCUT2D eigenvalue weighted by molar-refractivity contribution is -0.146. The standard InChI is InChI=1S/C18H20F3NO6S/c1-3-13-9-14(10-15(23)28-11-12-7-5-4-6-8-12)22(16(13)17(24)27-2)29(25,26)18(19,20)21/h4-8,10,13,16H,3,9,11H2,1-2H3/b14-10+/t13-,16+/m1/s1. The fourth-order valence-corrected chi connectivity index (χ4v) is 4.28. The van der Waals surface area contributed by atoms with Crippen molar-refractivity contribution >= 4 is 22.0 Å². The van der Waals surface area contributed by atoms with Gasteiger partial charge in [-0.05, 0) is 17.9 Å². The highest BCUT2D eigenvalue weighted by atomic mass is 32.2. The summed E-state index contributed by atoms with van der Waals surface area (Å²) in [6.07, 6.45) is 0.643. The van der Waals surface area contributed by atoms with E-state index in [4.69, 9.17) is 4.74 Å². The number of benzene rings is 1. The van der Waals surface area contributed by atoms with Gasteiger partial charge in [0.15, 0.2) is 0 Å². The van der Waals surface area contributed by atoms with E-state index in [1.54, 1.807) is 37.3 Å². The van der Waals surface area contributed by atoms with Crippen molar-refractivity contribution < 1.29 is 40.7 Å². The number of alkyl halides is 3. The lowest BCUT2D eigenvalue weighted by atomic mass is 9.97. The summed E-state index contributed by atoms with van der Waals surface area (Å²) in [5.41, 5.74) is -5.48. The van der Waals surface area contributed by atoms with Crippen molar-refractivity contribution in [3.05, 3.63) is 47.7 Å². The normalized spacial score (nSPS) is 21.3. The smallest absolute Gasteiger partial charge is 0.467 e. The van der Waals surface area contributed by atoms with Gasteiger partial charge < -0.3 is 9.47 Å². The molecule has 1 aliphatic rings. The Morgan fingerprint density at radius 3 is 2.38 bits per heavy atom. The van der Waals surface area contributed by atoms with Crippen LogP contribution in [0.4, 0.5) is 13.2 Å². The van der Waals surface area contributed by atoms with Crippen molar-refractivity contribution in [2.24, 2.45) is 5.92 Å². The molecule has 1 aliphatic heterocycles. The fraction of sp³-hybridized carbons (Fsp3) is 0.444. The zero-order valence-corrected chi connectivity index (χ0v) is 16.5. The summed E-state index contributed by atoms with van der Waals surface area (Å²) in [5.74, 6) is -2.94. The van der Waals surface area contributed by atoms with Gasteiger partial charge >= 0.3 is 27.5 Å². The van der Waals surface area contributed by atoms with E-state index in [1.165, 1.54) is 0 Å². The highest BCUT2D eigenvalue weighted by molar-refractivity contribution is 7.90. The molecule has 0 N–H and O–H groups in total. The van der Waals surface area contributed by atoms with Crippen LogP contribution in [0.15, 0.2) is 42.1 Å². The molecule has 2 atom stereocenters. The Labute approximate surface area is 166 Å². The number of hydrogen-bond acceptors (Lipinski definition) is 6. The van der Waals surface area contributed by atoms with Crippen molar-refractivity contribution in [3.8, 4) is 0 Å². The molecule has 1 aromatic rings. The van der Waals surface area contributed by atoms with E-state index >= 15 is 0 Å². The molecule has 0 unspecified atom stereocenters. The number of sulfonamides is 1. The minimum absolute atomic E-state index is 0.0588. The summed E-state index contributed by atoms with van der Waals surface area (Å²) >= 11 is 0. The molecule has 0 saturated carbocycles. The number of methoxy groups -OCH3 is 1. The zero-order chi connectivity index (χ0) is 21.8.